The second-order valence-corrected chi connectivity index (χ2v) is 4.94. The third-order valence-corrected chi connectivity index (χ3v) is 3.49. The molecule has 2 rings (SSSR count). The minimum Gasteiger partial charge on any atom is -0.493 e. The van der Waals surface area contributed by atoms with Gasteiger partial charge in [-0.3, -0.25) is 0 Å². The van der Waals surface area contributed by atoms with Gasteiger partial charge < -0.3 is 19.5 Å². The maximum Gasteiger partial charge on any atom is 0.161 e. The van der Waals surface area contributed by atoms with Gasteiger partial charge in [-0.15, -0.1) is 0 Å². The van der Waals surface area contributed by atoms with Gasteiger partial charge in [0.2, 0.25) is 0 Å². The van der Waals surface area contributed by atoms with E-state index in [0.717, 1.165) is 29.6 Å². The van der Waals surface area contributed by atoms with E-state index in [1.807, 2.05) is 25.2 Å². The van der Waals surface area contributed by atoms with E-state index in [-0.39, 0.29) is 6.04 Å². The Morgan fingerprint density at radius 2 is 1.95 bits per heavy atom. The van der Waals surface area contributed by atoms with Gasteiger partial charge in [0.05, 0.1) is 26.9 Å². The van der Waals surface area contributed by atoms with Crippen molar-refractivity contribution in [3.8, 4) is 11.5 Å². The molecule has 0 spiro atoms. The lowest BCUT2D eigenvalue weighted by molar-refractivity contribution is 0.105. The summed E-state index contributed by atoms with van der Waals surface area (Å²) in [6.45, 7) is 1.56. The number of hydrogen-bond donors (Lipinski definition) is 1. The molecule has 1 N–H and O–H groups in total. The molecule has 1 aliphatic rings. The van der Waals surface area contributed by atoms with Gasteiger partial charge in [-0.2, -0.15) is 0 Å². The Bertz CT molecular complexity index is 404. The SMILES string of the molecule is CNC(COCC1CC1)c1ccc(OC)c(OC)c1. The van der Waals surface area contributed by atoms with Gasteiger partial charge in [-0.05, 0) is 43.5 Å². The fourth-order valence-corrected chi connectivity index (χ4v) is 2.05. The average Bonchev–Trinajstić information content (AvgIpc) is 3.27. The van der Waals surface area contributed by atoms with Crippen molar-refractivity contribution in [1.82, 2.24) is 5.32 Å². The van der Waals surface area contributed by atoms with E-state index in [4.69, 9.17) is 14.2 Å². The summed E-state index contributed by atoms with van der Waals surface area (Å²) in [5.41, 5.74) is 1.15. The molecule has 4 heteroatoms. The van der Waals surface area contributed by atoms with E-state index >= 15 is 0 Å². The maximum absolute atomic E-state index is 5.76. The van der Waals surface area contributed by atoms with Crippen molar-refractivity contribution in [2.24, 2.45) is 5.92 Å². The molecule has 1 aromatic rings. The van der Waals surface area contributed by atoms with E-state index in [9.17, 15) is 0 Å². The molecule has 4 nitrogen and oxygen atoms in total. The lowest BCUT2D eigenvalue weighted by Crippen LogP contribution is -2.22. The zero-order chi connectivity index (χ0) is 13.7. The molecule has 19 heavy (non-hydrogen) atoms. The van der Waals surface area contributed by atoms with E-state index in [0.29, 0.717) is 6.61 Å². The van der Waals surface area contributed by atoms with Crippen LogP contribution < -0.4 is 14.8 Å². The fraction of sp³-hybridized carbons (Fsp3) is 0.600. The molecule has 0 bridgehead atoms. The predicted molar refractivity (Wildman–Crippen MR) is 74.9 cm³/mol. The van der Waals surface area contributed by atoms with Crippen LogP contribution in [0.5, 0.6) is 11.5 Å². The van der Waals surface area contributed by atoms with Gasteiger partial charge in [-0.25, -0.2) is 0 Å². The number of likely N-dealkylation sites (N-methyl/N-ethyl adjacent to an activating group) is 1. The topological polar surface area (TPSA) is 39.7 Å². The van der Waals surface area contributed by atoms with Gasteiger partial charge in [0.1, 0.15) is 0 Å². The third-order valence-electron chi connectivity index (χ3n) is 3.49. The Kier molecular flexibility index (Phi) is 5.05. The summed E-state index contributed by atoms with van der Waals surface area (Å²) in [4.78, 5) is 0. The average molecular weight is 265 g/mol. The molecule has 1 aliphatic carbocycles. The van der Waals surface area contributed by atoms with E-state index in [1.165, 1.54) is 12.8 Å². The highest BCUT2D eigenvalue weighted by Crippen LogP contribution is 2.31. The van der Waals surface area contributed by atoms with Crippen molar-refractivity contribution in [3.63, 3.8) is 0 Å². The quantitative estimate of drug-likeness (QED) is 0.783. The molecular formula is C15H23NO3. The van der Waals surface area contributed by atoms with Gasteiger partial charge in [-0.1, -0.05) is 6.07 Å². The van der Waals surface area contributed by atoms with Crippen LogP contribution in [0, 0.1) is 5.92 Å². The summed E-state index contributed by atoms with van der Waals surface area (Å²) < 4.78 is 16.3. The number of methoxy groups -OCH3 is 2. The zero-order valence-electron chi connectivity index (χ0n) is 11.9. The first-order chi connectivity index (χ1) is 9.28. The highest BCUT2D eigenvalue weighted by Gasteiger charge is 2.22. The lowest BCUT2D eigenvalue weighted by atomic mass is 10.1. The van der Waals surface area contributed by atoms with Gasteiger partial charge in [0.15, 0.2) is 11.5 Å². The molecule has 0 radical (unpaired) electrons. The monoisotopic (exact) mass is 265 g/mol. The van der Waals surface area contributed by atoms with Crippen LogP contribution in [0.1, 0.15) is 24.4 Å². The Hall–Kier alpha value is -1.26. The second kappa shape index (κ2) is 6.78. The third kappa shape index (κ3) is 3.85. The minimum atomic E-state index is 0.179. The summed E-state index contributed by atoms with van der Waals surface area (Å²) in [6, 6.07) is 6.15. The van der Waals surface area contributed by atoms with Crippen LogP contribution in [-0.4, -0.2) is 34.5 Å². The summed E-state index contributed by atoms with van der Waals surface area (Å²) in [7, 11) is 5.24. The molecule has 1 atom stereocenters. The van der Waals surface area contributed by atoms with Gasteiger partial charge in [0.25, 0.3) is 0 Å². The highest BCUT2D eigenvalue weighted by molar-refractivity contribution is 5.43. The smallest absolute Gasteiger partial charge is 0.161 e. The number of ether oxygens (including phenoxy) is 3. The van der Waals surface area contributed by atoms with Crippen molar-refractivity contribution in [1.29, 1.82) is 0 Å². The van der Waals surface area contributed by atoms with Crippen molar-refractivity contribution < 1.29 is 14.2 Å². The Morgan fingerprint density at radius 3 is 2.53 bits per heavy atom. The fourth-order valence-electron chi connectivity index (χ4n) is 2.05. The summed E-state index contributed by atoms with van der Waals surface area (Å²) in [5.74, 6) is 2.30. The first kappa shape index (κ1) is 14.2. The maximum atomic E-state index is 5.76. The Morgan fingerprint density at radius 1 is 1.21 bits per heavy atom. The summed E-state index contributed by atoms with van der Waals surface area (Å²) in [5, 5.41) is 3.28. The molecule has 0 saturated heterocycles. The molecule has 0 amide bonds. The number of benzene rings is 1. The van der Waals surface area contributed by atoms with Gasteiger partial charge >= 0.3 is 0 Å². The second-order valence-electron chi connectivity index (χ2n) is 4.94. The molecule has 106 valence electrons. The van der Waals surface area contributed by atoms with Crippen LogP contribution in [0.4, 0.5) is 0 Å². The van der Waals surface area contributed by atoms with Crippen LogP contribution in [0.15, 0.2) is 18.2 Å². The normalized spacial score (nSPS) is 16.2. The van der Waals surface area contributed by atoms with Crippen molar-refractivity contribution >= 4 is 0 Å². The van der Waals surface area contributed by atoms with Crippen LogP contribution >= 0.6 is 0 Å². The molecule has 1 unspecified atom stereocenters. The molecule has 1 aromatic carbocycles. The van der Waals surface area contributed by atoms with Crippen LogP contribution in [0.25, 0.3) is 0 Å². The molecule has 0 aliphatic heterocycles. The zero-order valence-corrected chi connectivity index (χ0v) is 11.9. The molecular weight excluding hydrogens is 242 g/mol. The Labute approximate surface area is 115 Å². The summed E-state index contributed by atoms with van der Waals surface area (Å²) in [6.07, 6.45) is 2.64. The van der Waals surface area contributed by atoms with Crippen LogP contribution in [0.3, 0.4) is 0 Å². The highest BCUT2D eigenvalue weighted by atomic mass is 16.5. The predicted octanol–water partition coefficient (Wildman–Crippen LogP) is 2.39. The van der Waals surface area contributed by atoms with Crippen LogP contribution in [-0.2, 0) is 4.74 Å². The van der Waals surface area contributed by atoms with Crippen LogP contribution in [0.2, 0.25) is 0 Å². The van der Waals surface area contributed by atoms with E-state index < -0.39 is 0 Å². The number of rotatable bonds is 8. The molecule has 0 aromatic heterocycles. The van der Waals surface area contributed by atoms with E-state index in [1.54, 1.807) is 14.2 Å². The Balaban J connectivity index is 1.99. The first-order valence-corrected chi connectivity index (χ1v) is 6.75. The molecule has 1 fully saturated rings. The largest absolute Gasteiger partial charge is 0.493 e. The number of nitrogens with one attached hydrogen (secondary N) is 1. The molecule has 1 saturated carbocycles. The summed E-state index contributed by atoms with van der Waals surface area (Å²) >= 11 is 0. The standard InChI is InChI=1S/C15H23NO3/c1-16-13(10-19-9-11-4-5-11)12-6-7-14(17-2)15(8-12)18-3/h6-8,11,13,16H,4-5,9-10H2,1-3H3. The van der Waals surface area contributed by atoms with Crippen molar-refractivity contribution in [3.05, 3.63) is 23.8 Å². The van der Waals surface area contributed by atoms with Crippen molar-refractivity contribution in [2.75, 3.05) is 34.5 Å². The number of hydrogen-bond acceptors (Lipinski definition) is 4. The minimum absolute atomic E-state index is 0.179. The van der Waals surface area contributed by atoms with Gasteiger partial charge in [0, 0.05) is 6.61 Å². The first-order valence-electron chi connectivity index (χ1n) is 6.75. The lowest BCUT2D eigenvalue weighted by Gasteiger charge is -2.18. The van der Waals surface area contributed by atoms with E-state index in [2.05, 4.69) is 5.32 Å². The molecule has 0 heterocycles. The van der Waals surface area contributed by atoms with Crippen molar-refractivity contribution in [2.45, 2.75) is 18.9 Å².